The first-order valence-electron chi connectivity index (χ1n) is 7.48. The molecule has 1 aliphatic heterocycles. The third-order valence-electron chi connectivity index (χ3n) is 4.11. The Morgan fingerprint density at radius 3 is 2.80 bits per heavy atom. The van der Waals surface area contributed by atoms with Crippen LogP contribution in [0.3, 0.4) is 0 Å². The van der Waals surface area contributed by atoms with Crippen LogP contribution in [0, 0.1) is 0 Å². The zero-order valence-corrected chi connectivity index (χ0v) is 13.0. The molecule has 1 N–H and O–H groups in total. The maximum Gasteiger partial charge on any atom is 0.271 e. The Kier molecular flexibility index (Phi) is 4.48. The molecule has 1 saturated heterocycles. The van der Waals surface area contributed by atoms with Crippen LogP contribution in [-0.4, -0.2) is 45.8 Å². The number of carbonyl (C=O) groups excluding carboxylic acids is 1. The van der Waals surface area contributed by atoms with E-state index in [1.807, 2.05) is 20.0 Å². The first-order chi connectivity index (χ1) is 9.40. The fourth-order valence-corrected chi connectivity index (χ4v) is 2.72. The van der Waals surface area contributed by atoms with Gasteiger partial charge in [0.25, 0.3) is 5.91 Å². The molecule has 0 aromatic carbocycles. The van der Waals surface area contributed by atoms with Gasteiger partial charge in [-0.2, -0.15) is 5.10 Å². The van der Waals surface area contributed by atoms with Crippen LogP contribution in [0.25, 0.3) is 0 Å². The van der Waals surface area contributed by atoms with Crippen molar-refractivity contribution in [1.82, 2.24) is 20.0 Å². The lowest BCUT2D eigenvalue weighted by molar-refractivity contribution is 0.0934. The summed E-state index contributed by atoms with van der Waals surface area (Å²) < 4.78 is 1.80. The van der Waals surface area contributed by atoms with Crippen molar-refractivity contribution in [1.29, 1.82) is 0 Å². The van der Waals surface area contributed by atoms with E-state index in [1.165, 1.54) is 12.8 Å². The van der Waals surface area contributed by atoms with Crippen LogP contribution in [0.4, 0.5) is 0 Å². The smallest absolute Gasteiger partial charge is 0.271 e. The van der Waals surface area contributed by atoms with Gasteiger partial charge >= 0.3 is 0 Å². The maximum absolute atomic E-state index is 12.0. The normalized spacial score (nSPS) is 18.6. The molecule has 0 aliphatic carbocycles. The summed E-state index contributed by atoms with van der Waals surface area (Å²) in [6.45, 7) is 11.3. The zero-order chi connectivity index (χ0) is 14.8. The molecule has 2 rings (SSSR count). The average molecular weight is 278 g/mol. The molecule has 1 aliphatic rings. The number of aromatic nitrogens is 2. The second kappa shape index (κ2) is 5.95. The lowest BCUT2D eigenvalue weighted by Crippen LogP contribution is -2.43. The molecule has 112 valence electrons. The molecule has 0 bridgehead atoms. The summed E-state index contributed by atoms with van der Waals surface area (Å²) in [5.41, 5.74) is 0.767. The molecule has 20 heavy (non-hydrogen) atoms. The lowest BCUT2D eigenvalue weighted by Gasteiger charge is -2.31. The second-order valence-electron chi connectivity index (χ2n) is 6.43. The Balaban J connectivity index is 1.80. The van der Waals surface area contributed by atoms with Crippen LogP contribution < -0.4 is 5.32 Å². The Labute approximate surface area is 121 Å². The predicted molar refractivity (Wildman–Crippen MR) is 79.8 cm³/mol. The van der Waals surface area contributed by atoms with Crippen LogP contribution in [0.1, 0.15) is 57.1 Å². The summed E-state index contributed by atoms with van der Waals surface area (Å²) in [5.74, 6) is -0.0820. The first-order valence-corrected chi connectivity index (χ1v) is 7.48. The SMILES string of the molecule is CC(C)n1ccc(C(=O)NCCN2CCCC2(C)C)n1. The Morgan fingerprint density at radius 1 is 1.50 bits per heavy atom. The number of hydrogen-bond acceptors (Lipinski definition) is 3. The minimum Gasteiger partial charge on any atom is -0.349 e. The van der Waals surface area contributed by atoms with Crippen molar-refractivity contribution in [2.45, 2.75) is 52.1 Å². The van der Waals surface area contributed by atoms with E-state index in [0.29, 0.717) is 12.2 Å². The van der Waals surface area contributed by atoms with E-state index in [0.717, 1.165) is 13.1 Å². The van der Waals surface area contributed by atoms with Crippen LogP contribution >= 0.6 is 0 Å². The van der Waals surface area contributed by atoms with Gasteiger partial charge in [-0.1, -0.05) is 0 Å². The largest absolute Gasteiger partial charge is 0.349 e. The van der Waals surface area contributed by atoms with E-state index in [9.17, 15) is 4.79 Å². The molecule has 5 nitrogen and oxygen atoms in total. The number of amides is 1. The van der Waals surface area contributed by atoms with E-state index < -0.39 is 0 Å². The quantitative estimate of drug-likeness (QED) is 0.897. The monoisotopic (exact) mass is 278 g/mol. The topological polar surface area (TPSA) is 50.2 Å². The molecule has 5 heteroatoms. The summed E-state index contributed by atoms with van der Waals surface area (Å²) in [5, 5.41) is 7.24. The van der Waals surface area contributed by atoms with E-state index in [4.69, 9.17) is 0 Å². The van der Waals surface area contributed by atoms with Gasteiger partial charge in [0.1, 0.15) is 5.69 Å². The lowest BCUT2D eigenvalue weighted by atomic mass is 10.0. The van der Waals surface area contributed by atoms with Gasteiger partial charge in [0.05, 0.1) is 0 Å². The number of nitrogens with zero attached hydrogens (tertiary/aromatic N) is 3. The van der Waals surface area contributed by atoms with Crippen molar-refractivity contribution in [3.63, 3.8) is 0 Å². The number of rotatable bonds is 5. The van der Waals surface area contributed by atoms with Gasteiger partial charge in [-0.05, 0) is 53.1 Å². The molecule has 0 radical (unpaired) electrons. The van der Waals surface area contributed by atoms with E-state index in [2.05, 4.69) is 29.2 Å². The van der Waals surface area contributed by atoms with Gasteiger partial charge in [-0.15, -0.1) is 0 Å². The van der Waals surface area contributed by atoms with Gasteiger partial charge < -0.3 is 5.32 Å². The minimum atomic E-state index is -0.0820. The van der Waals surface area contributed by atoms with Crippen molar-refractivity contribution in [3.05, 3.63) is 18.0 Å². The number of carbonyl (C=O) groups is 1. The van der Waals surface area contributed by atoms with E-state index >= 15 is 0 Å². The van der Waals surface area contributed by atoms with Crippen molar-refractivity contribution < 1.29 is 4.79 Å². The van der Waals surface area contributed by atoms with Crippen molar-refractivity contribution in [3.8, 4) is 0 Å². The van der Waals surface area contributed by atoms with Gasteiger partial charge in [0, 0.05) is 30.9 Å². The summed E-state index contributed by atoms with van der Waals surface area (Å²) in [6.07, 6.45) is 4.34. The van der Waals surface area contributed by atoms with E-state index in [1.54, 1.807) is 10.7 Å². The van der Waals surface area contributed by atoms with Gasteiger partial charge in [0.15, 0.2) is 0 Å². The average Bonchev–Trinajstić information content (AvgIpc) is 2.96. The Morgan fingerprint density at radius 2 is 2.25 bits per heavy atom. The summed E-state index contributed by atoms with van der Waals surface area (Å²) >= 11 is 0. The molecule has 0 spiro atoms. The molecular weight excluding hydrogens is 252 g/mol. The standard InChI is InChI=1S/C15H26N4O/c1-12(2)19-10-6-13(17-19)14(20)16-8-11-18-9-5-7-15(18,3)4/h6,10,12H,5,7-9,11H2,1-4H3,(H,16,20). The first kappa shape index (κ1) is 15.0. The third kappa shape index (κ3) is 3.39. The summed E-state index contributed by atoms with van der Waals surface area (Å²) in [4.78, 5) is 14.5. The molecule has 1 aromatic rings. The molecular formula is C15H26N4O. The number of hydrogen-bond donors (Lipinski definition) is 1. The number of likely N-dealkylation sites (tertiary alicyclic amines) is 1. The van der Waals surface area contributed by atoms with E-state index in [-0.39, 0.29) is 17.5 Å². The molecule has 1 aromatic heterocycles. The summed E-state index contributed by atoms with van der Waals surface area (Å²) in [6, 6.07) is 2.05. The van der Waals surface area contributed by atoms with Crippen molar-refractivity contribution in [2.75, 3.05) is 19.6 Å². The van der Waals surface area contributed by atoms with Crippen LogP contribution in [0.15, 0.2) is 12.3 Å². The maximum atomic E-state index is 12.0. The molecule has 0 atom stereocenters. The summed E-state index contributed by atoms with van der Waals surface area (Å²) in [7, 11) is 0. The van der Waals surface area contributed by atoms with Gasteiger partial charge in [0.2, 0.25) is 0 Å². The highest BCUT2D eigenvalue weighted by molar-refractivity contribution is 5.92. The van der Waals surface area contributed by atoms with Crippen molar-refractivity contribution in [2.24, 2.45) is 0 Å². The molecule has 1 fully saturated rings. The Bertz CT molecular complexity index is 464. The highest BCUT2D eigenvalue weighted by Gasteiger charge is 2.31. The Hall–Kier alpha value is -1.36. The van der Waals surface area contributed by atoms with Gasteiger partial charge in [-0.25, -0.2) is 0 Å². The highest BCUT2D eigenvalue weighted by atomic mass is 16.1. The van der Waals surface area contributed by atoms with Crippen molar-refractivity contribution >= 4 is 5.91 Å². The zero-order valence-electron chi connectivity index (χ0n) is 13.0. The minimum absolute atomic E-state index is 0.0820. The van der Waals surface area contributed by atoms with Gasteiger partial charge in [-0.3, -0.25) is 14.4 Å². The van der Waals surface area contributed by atoms with Crippen LogP contribution in [-0.2, 0) is 0 Å². The number of nitrogens with one attached hydrogen (secondary N) is 1. The molecule has 2 heterocycles. The fourth-order valence-electron chi connectivity index (χ4n) is 2.72. The second-order valence-corrected chi connectivity index (χ2v) is 6.43. The molecule has 1 amide bonds. The van der Waals surface area contributed by atoms with Crippen LogP contribution in [0.5, 0.6) is 0 Å². The third-order valence-corrected chi connectivity index (χ3v) is 4.11. The predicted octanol–water partition coefficient (Wildman–Crippen LogP) is 2.07. The highest BCUT2D eigenvalue weighted by Crippen LogP contribution is 2.27. The van der Waals surface area contributed by atoms with Crippen LogP contribution in [0.2, 0.25) is 0 Å². The molecule has 0 saturated carbocycles. The molecule has 0 unspecified atom stereocenters. The fraction of sp³-hybridized carbons (Fsp3) is 0.733.